The molecule has 0 unspecified atom stereocenters. The summed E-state index contributed by atoms with van der Waals surface area (Å²) in [6, 6.07) is 7.66. The minimum Gasteiger partial charge on any atom is -0.369 e. The van der Waals surface area contributed by atoms with E-state index in [-0.39, 0.29) is 11.5 Å². The molecule has 5 heteroatoms. The summed E-state index contributed by atoms with van der Waals surface area (Å²) < 4.78 is 1.49. The molecule has 1 aromatic heterocycles. The summed E-state index contributed by atoms with van der Waals surface area (Å²) in [6.07, 6.45) is 0. The van der Waals surface area contributed by atoms with Crippen molar-refractivity contribution in [2.75, 3.05) is 11.9 Å². The summed E-state index contributed by atoms with van der Waals surface area (Å²) in [6.45, 7) is 0.734. The fourth-order valence-corrected chi connectivity index (χ4v) is 2.54. The van der Waals surface area contributed by atoms with Crippen LogP contribution in [0, 0.1) is 0 Å². The molecule has 0 fully saturated rings. The van der Waals surface area contributed by atoms with Crippen LogP contribution in [0.1, 0.15) is 17.0 Å². The molecule has 0 saturated carbocycles. The molecular formula is C12H12ClN3O. The summed E-state index contributed by atoms with van der Waals surface area (Å²) >= 11 is 5.98. The third-order valence-corrected chi connectivity index (χ3v) is 3.40. The van der Waals surface area contributed by atoms with E-state index in [0.29, 0.717) is 5.02 Å². The molecule has 2 N–H and O–H groups in total. The van der Waals surface area contributed by atoms with E-state index in [0.717, 1.165) is 23.5 Å². The van der Waals surface area contributed by atoms with Gasteiger partial charge in [0.05, 0.1) is 5.56 Å². The lowest BCUT2D eigenvalue weighted by Crippen LogP contribution is -2.19. The van der Waals surface area contributed by atoms with E-state index in [4.69, 9.17) is 11.6 Å². The van der Waals surface area contributed by atoms with Crippen molar-refractivity contribution in [3.05, 3.63) is 50.8 Å². The highest BCUT2D eigenvalue weighted by Gasteiger charge is 2.29. The molecule has 0 spiro atoms. The quantitative estimate of drug-likeness (QED) is 0.811. The minimum absolute atomic E-state index is 0.0231. The molecule has 0 saturated heterocycles. The van der Waals surface area contributed by atoms with Gasteiger partial charge in [0, 0.05) is 24.5 Å². The van der Waals surface area contributed by atoms with Gasteiger partial charge in [-0.05, 0) is 17.7 Å². The van der Waals surface area contributed by atoms with E-state index in [1.54, 1.807) is 7.05 Å². The summed E-state index contributed by atoms with van der Waals surface area (Å²) in [7, 11) is 1.72. The van der Waals surface area contributed by atoms with Crippen LogP contribution in [0.5, 0.6) is 0 Å². The largest absolute Gasteiger partial charge is 0.369 e. The third kappa shape index (κ3) is 1.56. The van der Waals surface area contributed by atoms with Crippen LogP contribution in [0.2, 0.25) is 5.02 Å². The molecule has 17 heavy (non-hydrogen) atoms. The Bertz CT molecular complexity index is 629. The van der Waals surface area contributed by atoms with Crippen LogP contribution in [-0.2, 0) is 7.05 Å². The minimum atomic E-state index is 0.0231. The maximum Gasteiger partial charge on any atom is 0.272 e. The van der Waals surface area contributed by atoms with Gasteiger partial charge in [0.1, 0.15) is 5.82 Å². The van der Waals surface area contributed by atoms with Crippen LogP contribution >= 0.6 is 11.6 Å². The van der Waals surface area contributed by atoms with E-state index < -0.39 is 0 Å². The van der Waals surface area contributed by atoms with Gasteiger partial charge in [0.2, 0.25) is 0 Å². The van der Waals surface area contributed by atoms with Gasteiger partial charge < -0.3 is 5.32 Å². The molecule has 0 amide bonds. The fourth-order valence-electron chi connectivity index (χ4n) is 2.34. The smallest absolute Gasteiger partial charge is 0.272 e. The first kappa shape index (κ1) is 10.5. The van der Waals surface area contributed by atoms with Crippen molar-refractivity contribution in [3.8, 4) is 0 Å². The van der Waals surface area contributed by atoms with E-state index >= 15 is 0 Å². The molecule has 1 atom stereocenters. The molecule has 2 aromatic rings. The topological polar surface area (TPSA) is 49.8 Å². The van der Waals surface area contributed by atoms with Gasteiger partial charge in [-0.15, -0.1) is 0 Å². The maximum atomic E-state index is 12.0. The third-order valence-electron chi connectivity index (χ3n) is 3.17. The molecule has 0 radical (unpaired) electrons. The number of hydrogen-bond donors (Lipinski definition) is 2. The Hall–Kier alpha value is -1.68. The highest BCUT2D eigenvalue weighted by atomic mass is 35.5. The van der Waals surface area contributed by atoms with Crippen molar-refractivity contribution >= 4 is 17.4 Å². The Morgan fingerprint density at radius 1 is 1.47 bits per heavy atom. The normalized spacial score (nSPS) is 17.9. The first-order valence-electron chi connectivity index (χ1n) is 5.45. The van der Waals surface area contributed by atoms with Gasteiger partial charge in [0.15, 0.2) is 0 Å². The average molecular weight is 250 g/mol. The SMILES string of the molecule is Cn1[nH]c2c(c1=O)[C@@H](c1cccc(Cl)c1)CN2. The Labute approximate surface area is 103 Å². The maximum absolute atomic E-state index is 12.0. The highest BCUT2D eigenvalue weighted by molar-refractivity contribution is 6.30. The zero-order chi connectivity index (χ0) is 12.0. The number of nitrogens with zero attached hydrogens (tertiary/aromatic N) is 1. The molecule has 0 bridgehead atoms. The number of aryl methyl sites for hydroxylation is 1. The second-order valence-electron chi connectivity index (χ2n) is 4.25. The first-order chi connectivity index (χ1) is 8.16. The number of benzene rings is 1. The fraction of sp³-hybridized carbons (Fsp3) is 0.250. The zero-order valence-corrected chi connectivity index (χ0v) is 10.1. The second-order valence-corrected chi connectivity index (χ2v) is 4.69. The molecule has 4 nitrogen and oxygen atoms in total. The van der Waals surface area contributed by atoms with Crippen LogP contribution in [0.4, 0.5) is 5.82 Å². The second kappa shape index (κ2) is 3.67. The number of nitrogens with one attached hydrogen (secondary N) is 2. The monoisotopic (exact) mass is 249 g/mol. The van der Waals surface area contributed by atoms with Gasteiger partial charge in [-0.25, -0.2) is 0 Å². The lowest BCUT2D eigenvalue weighted by atomic mass is 9.95. The molecule has 1 aromatic carbocycles. The number of fused-ring (bicyclic) bond motifs is 1. The summed E-state index contributed by atoms with van der Waals surface area (Å²) in [5.74, 6) is 0.899. The summed E-state index contributed by atoms with van der Waals surface area (Å²) in [4.78, 5) is 12.0. The molecule has 1 aliphatic heterocycles. The number of anilines is 1. The predicted octanol–water partition coefficient (Wildman–Crippen LogP) is 1.92. The van der Waals surface area contributed by atoms with Crippen molar-refractivity contribution in [1.82, 2.24) is 9.78 Å². The van der Waals surface area contributed by atoms with Gasteiger partial charge in [-0.2, -0.15) is 0 Å². The van der Waals surface area contributed by atoms with E-state index in [1.165, 1.54) is 4.68 Å². The van der Waals surface area contributed by atoms with Crippen molar-refractivity contribution in [1.29, 1.82) is 0 Å². The van der Waals surface area contributed by atoms with E-state index in [2.05, 4.69) is 10.4 Å². The number of aromatic amines is 1. The van der Waals surface area contributed by atoms with E-state index in [1.807, 2.05) is 24.3 Å². The van der Waals surface area contributed by atoms with Crippen molar-refractivity contribution < 1.29 is 0 Å². The number of halogens is 1. The van der Waals surface area contributed by atoms with Gasteiger partial charge in [0.25, 0.3) is 5.56 Å². The first-order valence-corrected chi connectivity index (χ1v) is 5.83. The van der Waals surface area contributed by atoms with Gasteiger partial charge in [-0.1, -0.05) is 23.7 Å². The van der Waals surface area contributed by atoms with Crippen molar-refractivity contribution in [3.63, 3.8) is 0 Å². The summed E-state index contributed by atoms with van der Waals surface area (Å²) in [5.41, 5.74) is 1.89. The van der Waals surface area contributed by atoms with Gasteiger partial charge in [-0.3, -0.25) is 14.6 Å². The van der Waals surface area contributed by atoms with Crippen LogP contribution in [0.3, 0.4) is 0 Å². The standard InChI is InChI=1S/C12H12ClN3O/c1-16-12(17)10-9(6-14-11(10)15-16)7-3-2-4-8(13)5-7/h2-5,9,14-15H,6H2,1H3/t9-/m1/s1. The van der Waals surface area contributed by atoms with Crippen molar-refractivity contribution in [2.24, 2.45) is 7.05 Å². The van der Waals surface area contributed by atoms with Crippen LogP contribution in [0.25, 0.3) is 0 Å². The lowest BCUT2D eigenvalue weighted by Gasteiger charge is -2.09. The average Bonchev–Trinajstić information content (AvgIpc) is 2.81. The van der Waals surface area contributed by atoms with Crippen LogP contribution < -0.4 is 10.9 Å². The number of hydrogen-bond acceptors (Lipinski definition) is 2. The van der Waals surface area contributed by atoms with Gasteiger partial charge >= 0.3 is 0 Å². The number of aromatic nitrogens is 2. The molecule has 1 aliphatic rings. The summed E-state index contributed by atoms with van der Waals surface area (Å²) in [5, 5.41) is 6.91. The number of H-pyrrole nitrogens is 1. The van der Waals surface area contributed by atoms with E-state index in [9.17, 15) is 4.79 Å². The van der Waals surface area contributed by atoms with Crippen LogP contribution in [-0.4, -0.2) is 16.3 Å². The predicted molar refractivity (Wildman–Crippen MR) is 67.8 cm³/mol. The molecule has 3 rings (SSSR count). The molecule has 0 aliphatic carbocycles. The molecule has 2 heterocycles. The Morgan fingerprint density at radius 2 is 2.29 bits per heavy atom. The zero-order valence-electron chi connectivity index (χ0n) is 9.33. The highest BCUT2D eigenvalue weighted by Crippen LogP contribution is 2.33. The van der Waals surface area contributed by atoms with Crippen LogP contribution in [0.15, 0.2) is 29.1 Å². The molecular weight excluding hydrogens is 238 g/mol. The van der Waals surface area contributed by atoms with Crippen molar-refractivity contribution in [2.45, 2.75) is 5.92 Å². The Kier molecular flexibility index (Phi) is 2.26. The Morgan fingerprint density at radius 3 is 3.06 bits per heavy atom. The molecule has 88 valence electrons. The Balaban J connectivity index is 2.12. The number of rotatable bonds is 1. The lowest BCUT2D eigenvalue weighted by molar-refractivity contribution is 0.725.